The Morgan fingerprint density at radius 1 is 1.20 bits per heavy atom. The third-order valence-electron chi connectivity index (χ3n) is 3.18. The van der Waals surface area contributed by atoms with Gasteiger partial charge in [0.2, 0.25) is 0 Å². The van der Waals surface area contributed by atoms with Gasteiger partial charge < -0.3 is 15.3 Å². The van der Waals surface area contributed by atoms with Gasteiger partial charge in [0.05, 0.1) is 5.56 Å². The predicted octanol–water partition coefficient (Wildman–Crippen LogP) is 3.28. The number of carbonyl (C=O) groups is 2. The molecule has 1 rings (SSSR count). The van der Waals surface area contributed by atoms with Gasteiger partial charge in [0, 0.05) is 18.8 Å². The maximum absolute atomic E-state index is 12.1. The molecule has 0 spiro atoms. The summed E-state index contributed by atoms with van der Waals surface area (Å²) in [7, 11) is 1.76. The molecule has 0 aliphatic carbocycles. The summed E-state index contributed by atoms with van der Waals surface area (Å²) in [6.45, 7) is 6.24. The maximum atomic E-state index is 12.1. The molecular formula is C15H22N2O3. The Labute approximate surface area is 119 Å². The predicted molar refractivity (Wildman–Crippen MR) is 79.1 cm³/mol. The number of benzene rings is 1. The highest BCUT2D eigenvalue weighted by molar-refractivity contribution is 5.91. The number of carboxylic acids is 1. The second-order valence-electron chi connectivity index (χ2n) is 5.40. The van der Waals surface area contributed by atoms with Crippen LogP contribution in [-0.4, -0.2) is 35.1 Å². The Balaban J connectivity index is 2.63. The van der Waals surface area contributed by atoms with Gasteiger partial charge >= 0.3 is 12.0 Å². The Kier molecular flexibility index (Phi) is 5.55. The number of nitrogens with zero attached hydrogens (tertiary/aromatic N) is 1. The lowest BCUT2D eigenvalue weighted by Crippen LogP contribution is -2.38. The highest BCUT2D eigenvalue weighted by atomic mass is 16.4. The van der Waals surface area contributed by atoms with Crippen molar-refractivity contribution in [1.82, 2.24) is 4.90 Å². The zero-order chi connectivity index (χ0) is 15.3. The lowest BCUT2D eigenvalue weighted by molar-refractivity contribution is 0.0697. The average molecular weight is 278 g/mol. The van der Waals surface area contributed by atoms with E-state index < -0.39 is 5.97 Å². The summed E-state index contributed by atoms with van der Waals surface area (Å²) in [4.78, 5) is 24.4. The second-order valence-corrected chi connectivity index (χ2v) is 5.40. The molecule has 0 saturated carbocycles. The standard InChI is InChI=1S/C15H22N2O3/c1-10(2)9-11(3)17(4)15(20)16-13-7-5-12(6-8-13)14(18)19/h5-8,10-11H,9H2,1-4H3,(H,16,20)(H,18,19). The largest absolute Gasteiger partial charge is 0.478 e. The van der Waals surface area contributed by atoms with Gasteiger partial charge in [0.15, 0.2) is 0 Å². The van der Waals surface area contributed by atoms with Gasteiger partial charge in [-0.25, -0.2) is 9.59 Å². The van der Waals surface area contributed by atoms with Crippen LogP contribution < -0.4 is 5.32 Å². The molecule has 0 radical (unpaired) electrons. The molecule has 0 heterocycles. The van der Waals surface area contributed by atoms with Crippen LogP contribution in [0.25, 0.3) is 0 Å². The van der Waals surface area contributed by atoms with E-state index in [1.54, 1.807) is 24.1 Å². The van der Waals surface area contributed by atoms with Crippen molar-refractivity contribution < 1.29 is 14.7 Å². The van der Waals surface area contributed by atoms with Crippen LogP contribution in [-0.2, 0) is 0 Å². The third kappa shape index (κ3) is 4.57. The summed E-state index contributed by atoms with van der Waals surface area (Å²) in [5.74, 6) is -0.458. The third-order valence-corrected chi connectivity index (χ3v) is 3.18. The number of carboxylic acid groups (broad SMARTS) is 1. The Morgan fingerprint density at radius 2 is 1.75 bits per heavy atom. The first-order valence-electron chi connectivity index (χ1n) is 6.68. The van der Waals surface area contributed by atoms with Crippen molar-refractivity contribution in [3.63, 3.8) is 0 Å². The zero-order valence-electron chi connectivity index (χ0n) is 12.4. The number of nitrogens with one attached hydrogen (secondary N) is 1. The van der Waals surface area contributed by atoms with E-state index in [1.165, 1.54) is 12.1 Å². The van der Waals surface area contributed by atoms with Crippen LogP contribution >= 0.6 is 0 Å². The van der Waals surface area contributed by atoms with E-state index in [2.05, 4.69) is 19.2 Å². The van der Waals surface area contributed by atoms with Crippen LogP contribution in [0, 0.1) is 5.92 Å². The molecule has 20 heavy (non-hydrogen) atoms. The Hall–Kier alpha value is -2.04. The van der Waals surface area contributed by atoms with Gasteiger partial charge in [-0.1, -0.05) is 13.8 Å². The number of hydrogen-bond acceptors (Lipinski definition) is 2. The van der Waals surface area contributed by atoms with E-state index in [9.17, 15) is 9.59 Å². The van der Waals surface area contributed by atoms with Crippen LogP contribution in [0.5, 0.6) is 0 Å². The van der Waals surface area contributed by atoms with E-state index >= 15 is 0 Å². The van der Waals surface area contributed by atoms with Crippen molar-refractivity contribution in [2.24, 2.45) is 5.92 Å². The second kappa shape index (κ2) is 6.93. The number of carbonyl (C=O) groups excluding carboxylic acids is 1. The van der Waals surface area contributed by atoms with Gasteiger partial charge in [-0.3, -0.25) is 0 Å². The number of rotatable bonds is 5. The number of aromatic carboxylic acids is 1. The minimum atomic E-state index is -0.981. The summed E-state index contributed by atoms with van der Waals surface area (Å²) in [6.07, 6.45) is 0.932. The molecule has 0 aromatic heterocycles. The van der Waals surface area contributed by atoms with Crippen molar-refractivity contribution in [1.29, 1.82) is 0 Å². The lowest BCUT2D eigenvalue weighted by atomic mass is 10.0. The topological polar surface area (TPSA) is 69.6 Å². The van der Waals surface area contributed by atoms with E-state index in [1.807, 2.05) is 6.92 Å². The molecule has 5 nitrogen and oxygen atoms in total. The van der Waals surface area contributed by atoms with Gasteiger partial charge in [-0.05, 0) is 43.5 Å². The first-order chi connectivity index (χ1) is 9.31. The highest BCUT2D eigenvalue weighted by Crippen LogP contribution is 2.13. The van der Waals surface area contributed by atoms with E-state index in [0.29, 0.717) is 11.6 Å². The quantitative estimate of drug-likeness (QED) is 0.868. The molecule has 110 valence electrons. The fourth-order valence-corrected chi connectivity index (χ4v) is 1.95. The van der Waals surface area contributed by atoms with Crippen LogP contribution in [0.4, 0.5) is 10.5 Å². The van der Waals surface area contributed by atoms with Crippen LogP contribution in [0.1, 0.15) is 37.6 Å². The monoisotopic (exact) mass is 278 g/mol. The highest BCUT2D eigenvalue weighted by Gasteiger charge is 2.16. The normalized spacial score (nSPS) is 12.1. The lowest BCUT2D eigenvalue weighted by Gasteiger charge is -2.26. The first kappa shape index (κ1) is 16.0. The molecule has 5 heteroatoms. The van der Waals surface area contributed by atoms with E-state index in [4.69, 9.17) is 5.11 Å². The SMILES string of the molecule is CC(C)CC(C)N(C)C(=O)Nc1ccc(C(=O)O)cc1. The molecular weight excluding hydrogens is 256 g/mol. The fourth-order valence-electron chi connectivity index (χ4n) is 1.95. The molecule has 1 aromatic rings. The van der Waals surface area contributed by atoms with Gasteiger partial charge in [-0.2, -0.15) is 0 Å². The zero-order valence-corrected chi connectivity index (χ0v) is 12.4. The number of anilines is 1. The van der Waals surface area contributed by atoms with Crippen LogP contribution in [0.3, 0.4) is 0 Å². The average Bonchev–Trinajstić information content (AvgIpc) is 2.37. The Morgan fingerprint density at radius 3 is 2.20 bits per heavy atom. The number of hydrogen-bond donors (Lipinski definition) is 2. The number of amides is 2. The molecule has 1 atom stereocenters. The molecule has 2 amide bonds. The van der Waals surface area contributed by atoms with Gasteiger partial charge in [-0.15, -0.1) is 0 Å². The molecule has 1 unspecified atom stereocenters. The summed E-state index contributed by atoms with van der Waals surface area (Å²) in [5, 5.41) is 11.6. The van der Waals surface area contributed by atoms with Crippen LogP contribution in [0.2, 0.25) is 0 Å². The Bertz CT molecular complexity index is 469. The van der Waals surface area contributed by atoms with E-state index in [-0.39, 0.29) is 17.6 Å². The van der Waals surface area contributed by atoms with Crippen molar-refractivity contribution in [2.75, 3.05) is 12.4 Å². The van der Waals surface area contributed by atoms with Crippen molar-refractivity contribution in [2.45, 2.75) is 33.2 Å². The summed E-state index contributed by atoms with van der Waals surface area (Å²) >= 11 is 0. The fraction of sp³-hybridized carbons (Fsp3) is 0.467. The summed E-state index contributed by atoms with van der Waals surface area (Å²) < 4.78 is 0. The molecule has 2 N–H and O–H groups in total. The molecule has 0 bridgehead atoms. The summed E-state index contributed by atoms with van der Waals surface area (Å²) in [6, 6.07) is 6.06. The minimum Gasteiger partial charge on any atom is -0.478 e. The van der Waals surface area contributed by atoms with Crippen molar-refractivity contribution in [3.05, 3.63) is 29.8 Å². The summed E-state index contributed by atoms with van der Waals surface area (Å²) in [5.41, 5.74) is 0.785. The molecule has 0 saturated heterocycles. The molecule has 1 aromatic carbocycles. The van der Waals surface area contributed by atoms with E-state index in [0.717, 1.165) is 6.42 Å². The first-order valence-corrected chi connectivity index (χ1v) is 6.68. The van der Waals surface area contributed by atoms with Crippen LogP contribution in [0.15, 0.2) is 24.3 Å². The molecule has 0 fully saturated rings. The smallest absolute Gasteiger partial charge is 0.335 e. The van der Waals surface area contributed by atoms with Gasteiger partial charge in [0.25, 0.3) is 0 Å². The number of urea groups is 1. The maximum Gasteiger partial charge on any atom is 0.335 e. The van der Waals surface area contributed by atoms with Crippen molar-refractivity contribution >= 4 is 17.7 Å². The molecule has 0 aliphatic rings. The van der Waals surface area contributed by atoms with Gasteiger partial charge in [0.1, 0.15) is 0 Å². The molecule has 0 aliphatic heterocycles. The van der Waals surface area contributed by atoms with Crippen molar-refractivity contribution in [3.8, 4) is 0 Å². The minimum absolute atomic E-state index is 0.147.